The molecule has 1 N–H and O–H groups in total. The van der Waals surface area contributed by atoms with Crippen LogP contribution < -0.4 is 5.32 Å². The second-order valence-corrected chi connectivity index (χ2v) is 6.16. The molecule has 5 nitrogen and oxygen atoms in total. The molecule has 130 valence electrons. The van der Waals surface area contributed by atoms with Gasteiger partial charge >= 0.3 is 5.97 Å². The minimum Gasteiger partial charge on any atom is -0.469 e. The van der Waals surface area contributed by atoms with Crippen molar-refractivity contribution in [3.8, 4) is 0 Å². The van der Waals surface area contributed by atoms with Crippen molar-refractivity contribution >= 4 is 17.0 Å². The van der Waals surface area contributed by atoms with Gasteiger partial charge in [0.1, 0.15) is 5.82 Å². The number of aromatic nitrogens is 2. The molecule has 2 aromatic carbocycles. The van der Waals surface area contributed by atoms with Crippen molar-refractivity contribution in [1.29, 1.82) is 0 Å². The summed E-state index contributed by atoms with van der Waals surface area (Å²) in [5.74, 6) is 0.396. The maximum absolute atomic E-state index is 12.1. The number of carbonyl (C=O) groups is 1. The van der Waals surface area contributed by atoms with Gasteiger partial charge in [-0.2, -0.15) is 0 Å². The second kappa shape index (κ2) is 7.49. The lowest BCUT2D eigenvalue weighted by molar-refractivity contribution is -0.146. The Labute approximate surface area is 147 Å². The van der Waals surface area contributed by atoms with Crippen molar-refractivity contribution in [3.05, 3.63) is 66.0 Å². The molecule has 0 aliphatic rings. The number of nitrogens with one attached hydrogen (secondary N) is 1. The molecule has 0 bridgehead atoms. The van der Waals surface area contributed by atoms with Gasteiger partial charge in [0.05, 0.1) is 30.6 Å². The number of carbonyl (C=O) groups excluding carboxylic acids is 1. The van der Waals surface area contributed by atoms with Gasteiger partial charge in [-0.15, -0.1) is 0 Å². The van der Waals surface area contributed by atoms with E-state index in [1.165, 1.54) is 7.11 Å². The van der Waals surface area contributed by atoms with E-state index in [1.807, 2.05) is 62.5 Å². The molecule has 0 saturated heterocycles. The number of methoxy groups -OCH3 is 1. The minimum absolute atomic E-state index is 0.145. The summed E-state index contributed by atoms with van der Waals surface area (Å²) in [4.78, 5) is 16.7. The lowest BCUT2D eigenvalue weighted by Gasteiger charge is -2.24. The standard InChI is InChI=1S/C20H23N3O2/c1-14(20(24)25-3)19(15-9-5-4-6-10-15)21-13-18-22-16-11-7-8-12-17(16)23(18)2/h4-12,14,19,21H,13H2,1-3H3/t14-,19-/m0/s1. The lowest BCUT2D eigenvalue weighted by atomic mass is 9.94. The Morgan fingerprint density at radius 3 is 2.52 bits per heavy atom. The molecule has 0 aliphatic carbocycles. The van der Waals surface area contributed by atoms with Gasteiger partial charge in [0, 0.05) is 13.1 Å². The summed E-state index contributed by atoms with van der Waals surface area (Å²) >= 11 is 0. The summed E-state index contributed by atoms with van der Waals surface area (Å²) in [5, 5.41) is 3.48. The van der Waals surface area contributed by atoms with E-state index >= 15 is 0 Å². The molecule has 3 rings (SSSR count). The molecule has 25 heavy (non-hydrogen) atoms. The average molecular weight is 337 g/mol. The largest absolute Gasteiger partial charge is 0.469 e. The number of hydrogen-bond acceptors (Lipinski definition) is 4. The van der Waals surface area contributed by atoms with Crippen LogP contribution in [-0.2, 0) is 23.1 Å². The Kier molecular flexibility index (Phi) is 5.14. The number of benzene rings is 2. The van der Waals surface area contributed by atoms with Gasteiger partial charge in [0.15, 0.2) is 0 Å². The molecular formula is C20H23N3O2. The first-order valence-electron chi connectivity index (χ1n) is 8.38. The number of ether oxygens (including phenoxy) is 1. The highest BCUT2D eigenvalue weighted by Gasteiger charge is 2.26. The molecule has 0 radical (unpaired) electrons. The number of hydrogen-bond donors (Lipinski definition) is 1. The van der Waals surface area contributed by atoms with E-state index < -0.39 is 0 Å². The van der Waals surface area contributed by atoms with Gasteiger partial charge in [-0.1, -0.05) is 49.4 Å². The SMILES string of the molecule is COC(=O)[C@@H](C)[C@H](NCc1nc2ccccc2n1C)c1ccccc1. The lowest BCUT2D eigenvalue weighted by Crippen LogP contribution is -2.32. The van der Waals surface area contributed by atoms with Crippen molar-refractivity contribution < 1.29 is 9.53 Å². The Morgan fingerprint density at radius 2 is 1.84 bits per heavy atom. The number of rotatable bonds is 6. The quantitative estimate of drug-likeness (QED) is 0.702. The van der Waals surface area contributed by atoms with Crippen LogP contribution in [0, 0.1) is 5.92 Å². The predicted octanol–water partition coefficient (Wildman–Crippen LogP) is 3.21. The van der Waals surface area contributed by atoms with Crippen LogP contribution in [0.25, 0.3) is 11.0 Å². The van der Waals surface area contributed by atoms with Crippen molar-refractivity contribution in [2.45, 2.75) is 19.5 Å². The fourth-order valence-corrected chi connectivity index (χ4v) is 3.12. The van der Waals surface area contributed by atoms with Crippen LogP contribution in [0.1, 0.15) is 24.4 Å². The zero-order chi connectivity index (χ0) is 17.8. The van der Waals surface area contributed by atoms with Crippen LogP contribution in [-0.4, -0.2) is 22.6 Å². The number of nitrogens with zero attached hydrogens (tertiary/aromatic N) is 2. The Morgan fingerprint density at radius 1 is 1.16 bits per heavy atom. The second-order valence-electron chi connectivity index (χ2n) is 6.16. The molecular weight excluding hydrogens is 314 g/mol. The number of aryl methyl sites for hydroxylation is 1. The van der Waals surface area contributed by atoms with Crippen LogP contribution in [0.4, 0.5) is 0 Å². The maximum Gasteiger partial charge on any atom is 0.310 e. The molecule has 0 unspecified atom stereocenters. The summed E-state index contributed by atoms with van der Waals surface area (Å²) in [6.07, 6.45) is 0. The zero-order valence-electron chi connectivity index (χ0n) is 14.8. The van der Waals surface area contributed by atoms with Gasteiger partial charge < -0.3 is 14.6 Å². The zero-order valence-corrected chi connectivity index (χ0v) is 14.8. The smallest absolute Gasteiger partial charge is 0.310 e. The van der Waals surface area contributed by atoms with Gasteiger partial charge in [0.25, 0.3) is 0 Å². The third-order valence-corrected chi connectivity index (χ3v) is 4.59. The summed E-state index contributed by atoms with van der Waals surface area (Å²) in [6, 6.07) is 17.9. The number of imidazole rings is 1. The van der Waals surface area contributed by atoms with Gasteiger partial charge in [0.2, 0.25) is 0 Å². The molecule has 1 aromatic heterocycles. The van der Waals surface area contributed by atoms with E-state index in [0.29, 0.717) is 6.54 Å². The monoisotopic (exact) mass is 337 g/mol. The average Bonchev–Trinajstić information content (AvgIpc) is 2.98. The Hall–Kier alpha value is -2.66. The summed E-state index contributed by atoms with van der Waals surface area (Å²) in [5.41, 5.74) is 3.12. The van der Waals surface area contributed by atoms with Crippen molar-refractivity contribution in [1.82, 2.24) is 14.9 Å². The molecule has 0 spiro atoms. The van der Waals surface area contributed by atoms with Crippen molar-refractivity contribution in [2.75, 3.05) is 7.11 Å². The predicted molar refractivity (Wildman–Crippen MR) is 97.9 cm³/mol. The van der Waals surface area contributed by atoms with E-state index in [2.05, 4.69) is 20.9 Å². The summed E-state index contributed by atoms with van der Waals surface area (Å²) < 4.78 is 7.02. The highest BCUT2D eigenvalue weighted by atomic mass is 16.5. The van der Waals surface area contributed by atoms with Crippen molar-refractivity contribution in [2.24, 2.45) is 13.0 Å². The molecule has 0 aliphatic heterocycles. The van der Waals surface area contributed by atoms with Crippen LogP contribution in [0.15, 0.2) is 54.6 Å². The van der Waals surface area contributed by atoms with Crippen LogP contribution in [0.3, 0.4) is 0 Å². The number of fused-ring (bicyclic) bond motifs is 1. The highest BCUT2D eigenvalue weighted by molar-refractivity contribution is 5.75. The Bertz CT molecular complexity index is 858. The van der Waals surface area contributed by atoms with Crippen LogP contribution in [0.2, 0.25) is 0 Å². The van der Waals surface area contributed by atoms with Gasteiger partial charge in [-0.3, -0.25) is 4.79 Å². The van der Waals surface area contributed by atoms with Gasteiger partial charge in [-0.05, 0) is 17.7 Å². The minimum atomic E-state index is -0.304. The normalized spacial score (nSPS) is 13.6. The molecule has 3 aromatic rings. The first-order valence-corrected chi connectivity index (χ1v) is 8.38. The van der Waals surface area contributed by atoms with Crippen LogP contribution >= 0.6 is 0 Å². The molecule has 1 heterocycles. The molecule has 0 fully saturated rings. The van der Waals surface area contributed by atoms with Crippen molar-refractivity contribution in [3.63, 3.8) is 0 Å². The van der Waals surface area contributed by atoms with E-state index in [4.69, 9.17) is 4.74 Å². The topological polar surface area (TPSA) is 56.1 Å². The third kappa shape index (κ3) is 3.56. The molecule has 2 atom stereocenters. The third-order valence-electron chi connectivity index (χ3n) is 4.59. The number of para-hydroxylation sites is 2. The van der Waals surface area contributed by atoms with E-state index in [-0.39, 0.29) is 17.9 Å². The molecule has 0 saturated carbocycles. The van der Waals surface area contributed by atoms with Crippen LogP contribution in [0.5, 0.6) is 0 Å². The molecule has 5 heteroatoms. The summed E-state index contributed by atoms with van der Waals surface area (Å²) in [7, 11) is 3.43. The fourth-order valence-electron chi connectivity index (χ4n) is 3.12. The van der Waals surface area contributed by atoms with E-state index in [9.17, 15) is 4.79 Å². The first kappa shape index (κ1) is 17.2. The molecule has 0 amide bonds. The highest BCUT2D eigenvalue weighted by Crippen LogP contribution is 2.24. The number of esters is 1. The Balaban J connectivity index is 1.85. The first-order chi connectivity index (χ1) is 12.1. The summed E-state index contributed by atoms with van der Waals surface area (Å²) in [6.45, 7) is 2.44. The van der Waals surface area contributed by atoms with E-state index in [0.717, 1.165) is 22.4 Å². The van der Waals surface area contributed by atoms with E-state index in [1.54, 1.807) is 0 Å². The van der Waals surface area contributed by atoms with Gasteiger partial charge in [-0.25, -0.2) is 4.98 Å². The fraction of sp³-hybridized carbons (Fsp3) is 0.300. The maximum atomic E-state index is 12.1.